The molecule has 3 rings (SSSR count). The molecule has 1 aromatic carbocycles. The van der Waals surface area contributed by atoms with Gasteiger partial charge in [0, 0.05) is 55.7 Å². The first-order chi connectivity index (χ1) is 12.3. The topological polar surface area (TPSA) is 70.0 Å². The fourth-order valence-electron chi connectivity index (χ4n) is 2.71. The second-order valence-corrected chi connectivity index (χ2v) is 5.74. The first kappa shape index (κ1) is 20.2. The minimum absolute atomic E-state index is 0. The van der Waals surface area contributed by atoms with E-state index in [0.29, 0.717) is 6.54 Å². The number of rotatable bonds is 7. The fourth-order valence-corrected chi connectivity index (χ4v) is 2.71. The van der Waals surface area contributed by atoms with Crippen molar-refractivity contribution in [2.24, 2.45) is 4.99 Å². The molecule has 3 aromatic rings. The van der Waals surface area contributed by atoms with Gasteiger partial charge >= 0.3 is 0 Å². The van der Waals surface area contributed by atoms with Crippen LogP contribution in [0.1, 0.15) is 12.5 Å². The second-order valence-electron chi connectivity index (χ2n) is 5.74. The lowest BCUT2D eigenvalue weighted by Crippen LogP contribution is -2.39. The van der Waals surface area contributed by atoms with Crippen LogP contribution in [-0.2, 0) is 13.0 Å². The first-order valence-corrected chi connectivity index (χ1v) is 8.49. The summed E-state index contributed by atoms with van der Waals surface area (Å²) >= 11 is 0. The number of hydrogen-bond donors (Lipinski definition) is 3. The number of imidazole rings is 1. The van der Waals surface area contributed by atoms with Crippen LogP contribution in [-0.4, -0.2) is 40.1 Å². The zero-order chi connectivity index (χ0) is 17.5. The van der Waals surface area contributed by atoms with Crippen LogP contribution in [0.25, 0.3) is 10.9 Å². The Bertz CT molecular complexity index is 827. The Morgan fingerprint density at radius 2 is 2.23 bits per heavy atom. The van der Waals surface area contributed by atoms with Gasteiger partial charge in [-0.15, -0.1) is 24.0 Å². The van der Waals surface area contributed by atoms with E-state index in [1.807, 2.05) is 23.9 Å². The molecule has 8 heteroatoms. The Balaban J connectivity index is 0.00000243. The fraction of sp³-hybridized carbons (Fsp3) is 0.333. The molecule has 0 amide bonds. The lowest BCUT2D eigenvalue weighted by atomic mass is 10.1. The summed E-state index contributed by atoms with van der Waals surface area (Å²) < 4.78 is 15.4. The molecule has 2 heterocycles. The molecule has 0 unspecified atom stereocenters. The van der Waals surface area contributed by atoms with Crippen molar-refractivity contribution in [3.63, 3.8) is 0 Å². The summed E-state index contributed by atoms with van der Waals surface area (Å²) in [6.07, 6.45) is 8.17. The molecule has 140 valence electrons. The molecule has 2 aromatic heterocycles. The number of guanidine groups is 1. The minimum atomic E-state index is -0.216. The highest BCUT2D eigenvalue weighted by molar-refractivity contribution is 14.0. The van der Waals surface area contributed by atoms with Crippen LogP contribution in [0.2, 0.25) is 0 Å². The van der Waals surface area contributed by atoms with Crippen molar-refractivity contribution in [3.8, 4) is 0 Å². The predicted molar refractivity (Wildman–Crippen MR) is 114 cm³/mol. The molecule has 0 aliphatic heterocycles. The summed E-state index contributed by atoms with van der Waals surface area (Å²) in [5.74, 6) is 0.569. The lowest BCUT2D eigenvalue weighted by molar-refractivity contribution is 0.629. The van der Waals surface area contributed by atoms with E-state index in [0.717, 1.165) is 48.5 Å². The molecular formula is C18H24FIN6. The summed E-state index contributed by atoms with van der Waals surface area (Å²) in [6, 6.07) is 4.80. The number of aliphatic imine (C=N–C) groups is 1. The van der Waals surface area contributed by atoms with Gasteiger partial charge in [0.1, 0.15) is 5.82 Å². The summed E-state index contributed by atoms with van der Waals surface area (Å²) in [4.78, 5) is 11.8. The maximum absolute atomic E-state index is 13.4. The van der Waals surface area contributed by atoms with Gasteiger partial charge in [0.2, 0.25) is 0 Å². The molecule has 0 aliphatic carbocycles. The molecule has 0 atom stereocenters. The highest BCUT2D eigenvalue weighted by atomic mass is 127. The summed E-state index contributed by atoms with van der Waals surface area (Å²) in [6.45, 7) is 5.06. The van der Waals surface area contributed by atoms with Gasteiger partial charge in [-0.1, -0.05) is 0 Å². The monoisotopic (exact) mass is 470 g/mol. The van der Waals surface area contributed by atoms with Crippen molar-refractivity contribution in [2.45, 2.75) is 19.9 Å². The van der Waals surface area contributed by atoms with Crippen molar-refractivity contribution < 1.29 is 4.39 Å². The van der Waals surface area contributed by atoms with E-state index in [9.17, 15) is 4.39 Å². The third-order valence-electron chi connectivity index (χ3n) is 3.95. The zero-order valence-corrected chi connectivity index (χ0v) is 17.0. The van der Waals surface area contributed by atoms with Gasteiger partial charge in [-0.3, -0.25) is 4.99 Å². The van der Waals surface area contributed by atoms with Crippen molar-refractivity contribution in [2.75, 3.05) is 19.6 Å². The zero-order valence-electron chi connectivity index (χ0n) is 14.7. The number of halogens is 2. The van der Waals surface area contributed by atoms with Gasteiger partial charge in [-0.25, -0.2) is 9.37 Å². The third-order valence-corrected chi connectivity index (χ3v) is 3.95. The Hall–Kier alpha value is -2.10. The largest absolute Gasteiger partial charge is 0.361 e. The number of H-pyrrole nitrogens is 1. The summed E-state index contributed by atoms with van der Waals surface area (Å²) in [5.41, 5.74) is 2.03. The molecule has 3 N–H and O–H groups in total. The number of aromatic nitrogens is 3. The van der Waals surface area contributed by atoms with E-state index >= 15 is 0 Å². The van der Waals surface area contributed by atoms with Gasteiger partial charge < -0.3 is 20.2 Å². The highest BCUT2D eigenvalue weighted by Gasteiger charge is 2.05. The van der Waals surface area contributed by atoms with Crippen LogP contribution in [0.15, 0.2) is 48.1 Å². The van der Waals surface area contributed by atoms with Crippen LogP contribution in [0.3, 0.4) is 0 Å². The van der Waals surface area contributed by atoms with E-state index in [1.54, 1.807) is 24.7 Å². The summed E-state index contributed by atoms with van der Waals surface area (Å²) in [5, 5.41) is 7.47. The average molecular weight is 470 g/mol. The van der Waals surface area contributed by atoms with Crippen LogP contribution in [0, 0.1) is 5.82 Å². The first-order valence-electron chi connectivity index (χ1n) is 8.49. The Kier molecular flexibility index (Phi) is 7.89. The van der Waals surface area contributed by atoms with Crippen LogP contribution in [0.5, 0.6) is 0 Å². The molecule has 0 bridgehead atoms. The molecule has 26 heavy (non-hydrogen) atoms. The Labute approximate surface area is 169 Å². The number of fused-ring (bicyclic) bond motifs is 1. The quantitative estimate of drug-likeness (QED) is 0.283. The number of nitrogens with one attached hydrogen (secondary N) is 3. The van der Waals surface area contributed by atoms with E-state index < -0.39 is 0 Å². The normalized spacial score (nSPS) is 11.4. The van der Waals surface area contributed by atoms with E-state index in [-0.39, 0.29) is 29.8 Å². The molecule has 0 saturated heterocycles. The molecule has 0 radical (unpaired) electrons. The van der Waals surface area contributed by atoms with Crippen molar-refractivity contribution in [1.82, 2.24) is 25.2 Å². The summed E-state index contributed by atoms with van der Waals surface area (Å²) in [7, 11) is 0. The van der Waals surface area contributed by atoms with Crippen LogP contribution in [0.4, 0.5) is 4.39 Å². The van der Waals surface area contributed by atoms with E-state index in [2.05, 4.69) is 25.6 Å². The van der Waals surface area contributed by atoms with Crippen LogP contribution < -0.4 is 10.6 Å². The molecule has 0 spiro atoms. The molecular weight excluding hydrogens is 446 g/mol. The van der Waals surface area contributed by atoms with Crippen LogP contribution >= 0.6 is 24.0 Å². The average Bonchev–Trinajstić information content (AvgIpc) is 3.25. The van der Waals surface area contributed by atoms with Crippen molar-refractivity contribution >= 4 is 40.8 Å². The van der Waals surface area contributed by atoms with Gasteiger partial charge in [-0.2, -0.15) is 0 Å². The second kappa shape index (κ2) is 10.1. The minimum Gasteiger partial charge on any atom is -0.361 e. The lowest BCUT2D eigenvalue weighted by Gasteiger charge is -2.11. The molecule has 6 nitrogen and oxygen atoms in total. The highest BCUT2D eigenvalue weighted by Crippen LogP contribution is 2.19. The van der Waals surface area contributed by atoms with Gasteiger partial charge in [0.15, 0.2) is 5.96 Å². The molecule has 0 fully saturated rings. The van der Waals surface area contributed by atoms with Crippen molar-refractivity contribution in [1.29, 1.82) is 0 Å². The van der Waals surface area contributed by atoms with Gasteiger partial charge in [0.25, 0.3) is 0 Å². The van der Waals surface area contributed by atoms with E-state index in [4.69, 9.17) is 0 Å². The standard InChI is InChI=1S/C18H23FN6.HI/c1-2-21-18(23-8-10-25-9-7-20-13-25)22-6-5-14-12-24-17-4-3-15(19)11-16(14)17;/h3-4,7,9,11-13,24H,2,5-6,8,10H2,1H3,(H2,21,22,23);1H. The maximum atomic E-state index is 13.4. The van der Waals surface area contributed by atoms with Crippen molar-refractivity contribution in [3.05, 3.63) is 54.5 Å². The molecule has 0 aliphatic rings. The number of benzene rings is 1. The predicted octanol–water partition coefficient (Wildman–Crippen LogP) is 2.92. The number of nitrogens with zero attached hydrogens (tertiary/aromatic N) is 3. The number of aromatic amines is 1. The SMILES string of the molecule is CCNC(=NCCc1c[nH]c2ccc(F)cc12)NCCn1ccnc1.I. The molecule has 0 saturated carbocycles. The Morgan fingerprint density at radius 1 is 1.35 bits per heavy atom. The van der Waals surface area contributed by atoms with Gasteiger partial charge in [0.05, 0.1) is 6.33 Å². The van der Waals surface area contributed by atoms with E-state index in [1.165, 1.54) is 6.07 Å². The number of hydrogen-bond acceptors (Lipinski definition) is 2. The third kappa shape index (κ3) is 5.45. The van der Waals surface area contributed by atoms with Gasteiger partial charge in [-0.05, 0) is 37.1 Å². The Morgan fingerprint density at radius 3 is 3.00 bits per heavy atom. The smallest absolute Gasteiger partial charge is 0.191 e. The maximum Gasteiger partial charge on any atom is 0.191 e.